The van der Waals surface area contributed by atoms with Crippen LogP contribution in [-0.2, 0) is 4.79 Å². The highest BCUT2D eigenvalue weighted by molar-refractivity contribution is 5.97. The maximum Gasteiger partial charge on any atom is 0.254 e. The van der Waals surface area contributed by atoms with E-state index in [4.69, 9.17) is 0 Å². The molecule has 0 aliphatic rings. The van der Waals surface area contributed by atoms with Crippen molar-refractivity contribution in [1.29, 1.82) is 0 Å². The zero-order chi connectivity index (χ0) is 16.0. The molecule has 0 aliphatic heterocycles. The van der Waals surface area contributed by atoms with Gasteiger partial charge in [0.25, 0.3) is 5.91 Å². The van der Waals surface area contributed by atoms with Gasteiger partial charge in [0.15, 0.2) is 0 Å². The molecule has 1 unspecified atom stereocenters. The van der Waals surface area contributed by atoms with Crippen LogP contribution in [0, 0.1) is 0 Å². The molecule has 0 spiro atoms. The highest BCUT2D eigenvalue weighted by Gasteiger charge is 2.20. The number of hydrogen-bond acceptors (Lipinski definition) is 3. The Bertz CT molecular complexity index is 498. The normalized spacial score (nSPS) is 12.1. The van der Waals surface area contributed by atoms with Gasteiger partial charge in [-0.2, -0.15) is 0 Å². The van der Waals surface area contributed by atoms with Gasteiger partial charge in [0.1, 0.15) is 0 Å². The lowest BCUT2D eigenvalue weighted by atomic mass is 10.1. The molecule has 2 N–H and O–H groups in total. The van der Waals surface area contributed by atoms with Crippen LogP contribution in [0.1, 0.15) is 44.5 Å². The fourth-order valence-corrected chi connectivity index (χ4v) is 1.96. The van der Waals surface area contributed by atoms with Gasteiger partial charge in [-0.25, -0.2) is 0 Å². The Labute approximate surface area is 126 Å². The standard InChI is InChI=1S/C16H24N2O3/c1-5-15(20)17-14-8-6-7-13(9-14)16(21)18(11(2)3)10-12(4)19/h6-9,11-12,19H,5,10H2,1-4H3,(H,17,20). The molecule has 5 heteroatoms. The molecule has 0 aliphatic carbocycles. The van der Waals surface area contributed by atoms with E-state index in [0.717, 1.165) is 0 Å². The molecule has 1 rings (SSSR count). The first-order chi connectivity index (χ1) is 9.85. The smallest absolute Gasteiger partial charge is 0.254 e. The van der Waals surface area contributed by atoms with Crippen molar-refractivity contribution >= 4 is 17.5 Å². The summed E-state index contributed by atoms with van der Waals surface area (Å²) in [6.07, 6.45) is -0.197. The number of nitrogens with one attached hydrogen (secondary N) is 1. The summed E-state index contributed by atoms with van der Waals surface area (Å²) in [6.45, 7) is 7.52. The fraction of sp³-hybridized carbons (Fsp3) is 0.500. The second kappa shape index (κ2) is 7.78. The summed E-state index contributed by atoms with van der Waals surface area (Å²) in [5.41, 5.74) is 1.10. The van der Waals surface area contributed by atoms with Gasteiger partial charge in [-0.1, -0.05) is 13.0 Å². The van der Waals surface area contributed by atoms with Crippen LogP contribution in [0.4, 0.5) is 5.69 Å². The van der Waals surface area contributed by atoms with E-state index >= 15 is 0 Å². The molecule has 0 bridgehead atoms. The number of hydrogen-bond donors (Lipinski definition) is 2. The van der Waals surface area contributed by atoms with Crippen molar-refractivity contribution in [2.75, 3.05) is 11.9 Å². The minimum atomic E-state index is -0.584. The molecule has 5 nitrogen and oxygen atoms in total. The van der Waals surface area contributed by atoms with E-state index in [1.54, 1.807) is 43.0 Å². The lowest BCUT2D eigenvalue weighted by molar-refractivity contribution is -0.115. The second-order valence-corrected chi connectivity index (χ2v) is 5.38. The number of carbonyl (C=O) groups is 2. The zero-order valence-corrected chi connectivity index (χ0v) is 13.1. The van der Waals surface area contributed by atoms with Gasteiger partial charge >= 0.3 is 0 Å². The second-order valence-electron chi connectivity index (χ2n) is 5.38. The summed E-state index contributed by atoms with van der Waals surface area (Å²) in [5.74, 6) is -0.247. The number of carbonyl (C=O) groups excluding carboxylic acids is 2. The van der Waals surface area contributed by atoms with Gasteiger partial charge in [0.05, 0.1) is 6.10 Å². The Hall–Kier alpha value is -1.88. The van der Waals surface area contributed by atoms with Gasteiger partial charge in [-0.05, 0) is 39.0 Å². The number of anilines is 1. The number of aliphatic hydroxyl groups excluding tert-OH is 1. The Morgan fingerprint density at radius 3 is 2.48 bits per heavy atom. The van der Waals surface area contributed by atoms with Crippen molar-refractivity contribution in [3.8, 4) is 0 Å². The minimum Gasteiger partial charge on any atom is -0.392 e. The van der Waals surface area contributed by atoms with Crippen LogP contribution in [0.25, 0.3) is 0 Å². The van der Waals surface area contributed by atoms with E-state index in [0.29, 0.717) is 17.7 Å². The van der Waals surface area contributed by atoms with Gasteiger partial charge in [0.2, 0.25) is 5.91 Å². The number of amides is 2. The molecular weight excluding hydrogens is 268 g/mol. The molecule has 1 aromatic rings. The zero-order valence-electron chi connectivity index (χ0n) is 13.1. The van der Waals surface area contributed by atoms with Gasteiger partial charge in [-0.15, -0.1) is 0 Å². The van der Waals surface area contributed by atoms with Crippen molar-refractivity contribution in [3.63, 3.8) is 0 Å². The lowest BCUT2D eigenvalue weighted by Crippen LogP contribution is -2.41. The summed E-state index contributed by atoms with van der Waals surface area (Å²) in [5, 5.41) is 12.3. The molecule has 116 valence electrons. The monoisotopic (exact) mass is 292 g/mol. The first-order valence-corrected chi connectivity index (χ1v) is 7.24. The van der Waals surface area contributed by atoms with Crippen molar-refractivity contribution in [3.05, 3.63) is 29.8 Å². The Kier molecular flexibility index (Phi) is 6.37. The van der Waals surface area contributed by atoms with Crippen LogP contribution in [0.2, 0.25) is 0 Å². The molecule has 0 saturated heterocycles. The molecular formula is C16H24N2O3. The third-order valence-corrected chi connectivity index (χ3v) is 3.06. The van der Waals surface area contributed by atoms with E-state index in [9.17, 15) is 14.7 Å². The summed E-state index contributed by atoms with van der Waals surface area (Å²) in [6, 6.07) is 6.84. The predicted molar refractivity (Wildman–Crippen MR) is 83.2 cm³/mol. The lowest BCUT2D eigenvalue weighted by Gasteiger charge is -2.28. The van der Waals surface area contributed by atoms with Crippen molar-refractivity contribution in [2.45, 2.75) is 46.3 Å². The third kappa shape index (κ3) is 5.19. The van der Waals surface area contributed by atoms with Crippen LogP contribution in [-0.4, -0.2) is 40.5 Å². The van der Waals surface area contributed by atoms with Crippen molar-refractivity contribution in [2.24, 2.45) is 0 Å². The quantitative estimate of drug-likeness (QED) is 0.845. The van der Waals surface area contributed by atoms with E-state index in [2.05, 4.69) is 5.32 Å². The first-order valence-electron chi connectivity index (χ1n) is 7.24. The van der Waals surface area contributed by atoms with E-state index in [1.165, 1.54) is 0 Å². The summed E-state index contributed by atoms with van der Waals surface area (Å²) in [7, 11) is 0. The average Bonchev–Trinajstić information content (AvgIpc) is 2.43. The highest BCUT2D eigenvalue weighted by atomic mass is 16.3. The van der Waals surface area contributed by atoms with Crippen LogP contribution in [0.15, 0.2) is 24.3 Å². The maximum atomic E-state index is 12.5. The van der Waals surface area contributed by atoms with Crippen LogP contribution in [0.5, 0.6) is 0 Å². The Balaban J connectivity index is 2.94. The molecule has 0 fully saturated rings. The molecule has 0 saturated carbocycles. The van der Waals surface area contributed by atoms with E-state index in [1.807, 2.05) is 13.8 Å². The van der Waals surface area contributed by atoms with E-state index < -0.39 is 6.10 Å². The Morgan fingerprint density at radius 2 is 1.95 bits per heavy atom. The summed E-state index contributed by atoms with van der Waals surface area (Å²) in [4.78, 5) is 25.6. The van der Waals surface area contributed by atoms with Gasteiger partial charge < -0.3 is 15.3 Å². The molecule has 0 radical (unpaired) electrons. The minimum absolute atomic E-state index is 0.0130. The fourth-order valence-electron chi connectivity index (χ4n) is 1.96. The predicted octanol–water partition coefficient (Wildman–Crippen LogP) is 2.27. The highest BCUT2D eigenvalue weighted by Crippen LogP contribution is 2.15. The van der Waals surface area contributed by atoms with Crippen molar-refractivity contribution < 1.29 is 14.7 Å². The molecule has 0 heterocycles. The number of nitrogens with zero attached hydrogens (tertiary/aromatic N) is 1. The van der Waals surface area contributed by atoms with Gasteiger partial charge in [-0.3, -0.25) is 9.59 Å². The topological polar surface area (TPSA) is 69.6 Å². The van der Waals surface area contributed by atoms with Crippen LogP contribution >= 0.6 is 0 Å². The maximum absolute atomic E-state index is 12.5. The Morgan fingerprint density at radius 1 is 1.29 bits per heavy atom. The van der Waals surface area contributed by atoms with Crippen LogP contribution < -0.4 is 5.32 Å². The number of aliphatic hydroxyl groups is 1. The molecule has 2 amide bonds. The molecule has 0 aromatic heterocycles. The molecule has 1 aromatic carbocycles. The SMILES string of the molecule is CCC(=O)Nc1cccc(C(=O)N(CC(C)O)C(C)C)c1. The van der Waals surface area contributed by atoms with Crippen LogP contribution in [0.3, 0.4) is 0 Å². The average molecular weight is 292 g/mol. The number of benzene rings is 1. The summed E-state index contributed by atoms with van der Waals surface area (Å²) < 4.78 is 0. The summed E-state index contributed by atoms with van der Waals surface area (Å²) >= 11 is 0. The van der Waals surface area contributed by atoms with Gasteiger partial charge in [0, 0.05) is 30.3 Å². The molecule has 21 heavy (non-hydrogen) atoms. The van der Waals surface area contributed by atoms with E-state index in [-0.39, 0.29) is 24.4 Å². The third-order valence-electron chi connectivity index (χ3n) is 3.06. The number of rotatable bonds is 6. The largest absolute Gasteiger partial charge is 0.392 e. The molecule has 1 atom stereocenters. The first kappa shape index (κ1) is 17.2. The van der Waals surface area contributed by atoms with Crippen molar-refractivity contribution in [1.82, 2.24) is 4.90 Å².